The van der Waals surface area contributed by atoms with E-state index in [0.717, 1.165) is 19.5 Å². The Morgan fingerprint density at radius 1 is 1.14 bits per heavy atom. The molecule has 0 saturated carbocycles. The molecule has 2 aliphatic heterocycles. The number of amides is 1. The molecule has 1 aromatic carbocycles. The van der Waals surface area contributed by atoms with Crippen molar-refractivity contribution in [2.24, 2.45) is 12.2 Å². The van der Waals surface area contributed by atoms with Gasteiger partial charge in [0.25, 0.3) is 5.91 Å². The third kappa shape index (κ3) is 6.69. The highest BCUT2D eigenvalue weighted by molar-refractivity contribution is 7.92. The van der Waals surface area contributed by atoms with E-state index in [4.69, 9.17) is 14.3 Å². The topological polar surface area (TPSA) is 150 Å². The van der Waals surface area contributed by atoms with E-state index in [1.165, 1.54) is 35.6 Å². The van der Waals surface area contributed by atoms with Gasteiger partial charge in [-0.05, 0) is 44.2 Å². The number of rotatable bonds is 10. The lowest BCUT2D eigenvalue weighted by Gasteiger charge is -2.12. The fourth-order valence-corrected chi connectivity index (χ4v) is 7.32. The Kier molecular flexibility index (Phi) is 8.38. The molecule has 0 aliphatic carbocycles. The molecule has 0 spiro atoms. The number of hydrogen-bond acceptors (Lipinski definition) is 12. The molecule has 1 amide bonds. The first-order chi connectivity index (χ1) is 20.7. The van der Waals surface area contributed by atoms with Crippen LogP contribution in [0.15, 0.2) is 58.7 Å². The van der Waals surface area contributed by atoms with Gasteiger partial charge in [-0.25, -0.2) is 18.4 Å². The van der Waals surface area contributed by atoms with E-state index in [9.17, 15) is 13.2 Å². The van der Waals surface area contributed by atoms with Crippen molar-refractivity contribution >= 4 is 48.3 Å². The molecule has 1 N–H and O–H groups in total. The van der Waals surface area contributed by atoms with Gasteiger partial charge >= 0.3 is 0 Å². The minimum absolute atomic E-state index is 0.0381. The Morgan fingerprint density at radius 3 is 2.67 bits per heavy atom. The van der Waals surface area contributed by atoms with Gasteiger partial charge in [-0.3, -0.25) is 14.8 Å². The van der Waals surface area contributed by atoms with Crippen LogP contribution < -0.4 is 10.1 Å². The number of thiazole rings is 1. The first kappa shape index (κ1) is 29.2. The van der Waals surface area contributed by atoms with Gasteiger partial charge in [0.2, 0.25) is 5.88 Å². The molecule has 3 aromatic heterocycles. The van der Waals surface area contributed by atoms with Gasteiger partial charge in [0.15, 0.2) is 27.3 Å². The van der Waals surface area contributed by atoms with Crippen molar-refractivity contribution in [2.75, 3.05) is 38.7 Å². The zero-order valence-corrected chi connectivity index (χ0v) is 25.3. The zero-order valence-electron chi connectivity index (χ0n) is 23.7. The number of nitrogens with one attached hydrogen (secondary N) is 1. The number of carbonyl (C=O) groups is 1. The van der Waals surface area contributed by atoms with Crippen molar-refractivity contribution in [1.29, 1.82) is 0 Å². The summed E-state index contributed by atoms with van der Waals surface area (Å²) in [6, 6.07) is 11.4. The first-order valence-electron chi connectivity index (χ1n) is 13.8. The fourth-order valence-electron chi connectivity index (χ4n) is 4.92. The molecule has 6 rings (SSSR count). The maximum absolute atomic E-state index is 13.5. The van der Waals surface area contributed by atoms with Crippen molar-refractivity contribution in [3.05, 3.63) is 59.9 Å². The molecule has 226 valence electrons. The summed E-state index contributed by atoms with van der Waals surface area (Å²) < 4.78 is 38.9. The Hall–Kier alpha value is -3.92. The van der Waals surface area contributed by atoms with Gasteiger partial charge in [0.1, 0.15) is 22.1 Å². The van der Waals surface area contributed by atoms with Crippen LogP contribution in [0.4, 0.5) is 5.13 Å². The van der Waals surface area contributed by atoms with Crippen molar-refractivity contribution in [3.63, 3.8) is 0 Å². The minimum atomic E-state index is -3.56. The number of hydrogen-bond donors (Lipinski definition) is 1. The van der Waals surface area contributed by atoms with E-state index in [0.29, 0.717) is 45.6 Å². The van der Waals surface area contributed by atoms with Gasteiger partial charge < -0.3 is 19.2 Å². The van der Waals surface area contributed by atoms with Crippen molar-refractivity contribution in [2.45, 2.75) is 35.7 Å². The number of pyridine rings is 1. The summed E-state index contributed by atoms with van der Waals surface area (Å²) in [4.78, 5) is 31.1. The highest BCUT2D eigenvalue weighted by Gasteiger charge is 2.31. The molecule has 0 bridgehead atoms. The predicted octanol–water partition coefficient (Wildman–Crippen LogP) is 2.63. The van der Waals surface area contributed by atoms with E-state index >= 15 is 0 Å². The number of ether oxygens (including phenoxy) is 2. The smallest absolute Gasteiger partial charge is 0.280 e. The summed E-state index contributed by atoms with van der Waals surface area (Å²) in [5.74, 6) is -0.0657. The molecule has 0 radical (unpaired) electrons. The lowest BCUT2D eigenvalue weighted by Crippen LogP contribution is -2.25. The summed E-state index contributed by atoms with van der Waals surface area (Å²) in [6.45, 7) is 2.45. The molecule has 15 heteroatoms. The van der Waals surface area contributed by atoms with E-state index < -0.39 is 21.0 Å². The molecule has 43 heavy (non-hydrogen) atoms. The molecule has 4 aromatic rings. The molecule has 13 nitrogen and oxygen atoms in total. The van der Waals surface area contributed by atoms with E-state index in [2.05, 4.69) is 37.5 Å². The SMILES string of the molecule is CN1CC[C@@H](Oc2ccc3nc(NC(=O)C(=NOCc4ccn(C)n4)c4ccc(S(=O)(=O)[C@H]5CCOC5)cc4)sc3n2)C1. The summed E-state index contributed by atoms with van der Waals surface area (Å²) in [5.41, 5.74) is 1.57. The normalized spacial score (nSPS) is 19.6. The molecule has 5 heterocycles. The van der Waals surface area contributed by atoms with E-state index in [1.54, 1.807) is 30.1 Å². The van der Waals surface area contributed by atoms with Crippen LogP contribution in [0, 0.1) is 0 Å². The maximum atomic E-state index is 13.5. The lowest BCUT2D eigenvalue weighted by molar-refractivity contribution is -0.110. The average molecular weight is 626 g/mol. The number of likely N-dealkylation sites (N-methyl/N-ethyl adjacent to an activating group) is 1. The number of nitrogens with zero attached hydrogens (tertiary/aromatic N) is 6. The molecular weight excluding hydrogens is 594 g/mol. The Balaban J connectivity index is 1.21. The third-order valence-corrected chi connectivity index (χ3v) is 10.3. The number of carbonyl (C=O) groups excluding carboxylic acids is 1. The number of benzene rings is 1. The lowest BCUT2D eigenvalue weighted by atomic mass is 10.1. The molecular formula is C28H31N7O6S2. The fraction of sp³-hybridized carbons (Fsp3) is 0.393. The number of likely N-dealkylation sites (tertiary alicyclic amines) is 1. The van der Waals surface area contributed by atoms with Crippen LogP contribution >= 0.6 is 11.3 Å². The van der Waals surface area contributed by atoms with Gasteiger partial charge in [0.05, 0.1) is 16.8 Å². The van der Waals surface area contributed by atoms with Crippen LogP contribution in [0.3, 0.4) is 0 Å². The van der Waals surface area contributed by atoms with Gasteiger partial charge in [0, 0.05) is 44.6 Å². The maximum Gasteiger partial charge on any atom is 0.280 e. The number of aromatic nitrogens is 4. The molecule has 2 saturated heterocycles. The summed E-state index contributed by atoms with van der Waals surface area (Å²) in [6.07, 6.45) is 3.24. The molecule has 2 fully saturated rings. The number of sulfone groups is 1. The predicted molar refractivity (Wildman–Crippen MR) is 160 cm³/mol. The van der Waals surface area contributed by atoms with E-state index in [1.807, 2.05) is 6.07 Å². The standard InChI is InChI=1S/C28H31N7O6S2/c1-34-12-10-20(15-34)41-24-8-7-23-27(30-24)42-28(29-23)31-26(36)25(33-40-16-19-9-13-35(2)32-19)18-3-5-21(6-4-18)43(37,38)22-11-14-39-17-22/h3-9,13,20,22H,10-12,14-17H2,1-2H3,(H,29,31,36)/t20-,22+/m1/s1. The van der Waals surface area contributed by atoms with Gasteiger partial charge in [-0.2, -0.15) is 5.10 Å². The summed E-state index contributed by atoms with van der Waals surface area (Å²) in [7, 11) is 0.278. The van der Waals surface area contributed by atoms with Crippen LogP contribution in [0.2, 0.25) is 0 Å². The number of anilines is 1. The second-order valence-electron chi connectivity index (χ2n) is 10.5. The van der Waals surface area contributed by atoms with Crippen molar-refractivity contribution in [1.82, 2.24) is 24.6 Å². The molecule has 0 unspecified atom stereocenters. The monoisotopic (exact) mass is 625 g/mol. The first-order valence-corrected chi connectivity index (χ1v) is 16.2. The Labute approximate surface area is 252 Å². The quantitative estimate of drug-likeness (QED) is 0.206. The third-order valence-electron chi connectivity index (χ3n) is 7.22. The molecule has 2 atom stereocenters. The highest BCUT2D eigenvalue weighted by atomic mass is 32.2. The number of oxime groups is 1. The van der Waals surface area contributed by atoms with Crippen molar-refractivity contribution in [3.8, 4) is 5.88 Å². The van der Waals surface area contributed by atoms with Crippen LogP contribution in [-0.4, -0.2) is 89.4 Å². The van der Waals surface area contributed by atoms with Gasteiger partial charge in [-0.15, -0.1) is 0 Å². The molecule has 2 aliphatic rings. The number of aryl methyl sites for hydroxylation is 1. The van der Waals surface area contributed by atoms with Gasteiger partial charge in [-0.1, -0.05) is 28.6 Å². The number of fused-ring (bicyclic) bond motifs is 1. The van der Waals surface area contributed by atoms with Crippen LogP contribution in [0.25, 0.3) is 10.3 Å². The zero-order chi connectivity index (χ0) is 30.0. The summed E-state index contributed by atoms with van der Waals surface area (Å²) in [5, 5.41) is 10.9. The second kappa shape index (κ2) is 12.4. The van der Waals surface area contributed by atoms with Crippen LogP contribution in [0.1, 0.15) is 24.1 Å². The Bertz CT molecular complexity index is 1750. The van der Waals surface area contributed by atoms with Crippen molar-refractivity contribution < 1.29 is 27.5 Å². The minimum Gasteiger partial charge on any atom is -0.473 e. The van der Waals surface area contributed by atoms with Crippen LogP contribution in [-0.2, 0) is 37.9 Å². The second-order valence-corrected chi connectivity index (χ2v) is 13.7. The van der Waals surface area contributed by atoms with Crippen LogP contribution in [0.5, 0.6) is 5.88 Å². The highest BCUT2D eigenvalue weighted by Crippen LogP contribution is 2.28. The summed E-state index contributed by atoms with van der Waals surface area (Å²) >= 11 is 1.21. The average Bonchev–Trinajstić information content (AvgIpc) is 3.80. The van der Waals surface area contributed by atoms with E-state index in [-0.39, 0.29) is 29.9 Å². The Morgan fingerprint density at radius 2 is 1.98 bits per heavy atom. The largest absolute Gasteiger partial charge is 0.473 e.